The maximum absolute atomic E-state index is 12.8. The number of carbonyl (C=O) groups is 1. The molecule has 3 aromatic carbocycles. The number of ether oxygens (including phenoxy) is 1. The highest BCUT2D eigenvalue weighted by molar-refractivity contribution is 6.12. The normalized spacial score (nSPS) is 10.7. The molecule has 0 radical (unpaired) electrons. The van der Waals surface area contributed by atoms with Crippen LogP contribution in [0, 0.1) is 0 Å². The van der Waals surface area contributed by atoms with E-state index in [9.17, 15) is 4.79 Å². The smallest absolute Gasteiger partial charge is 0.257 e. The molecule has 0 aliphatic rings. The summed E-state index contributed by atoms with van der Waals surface area (Å²) in [5.41, 5.74) is 1.71. The quantitative estimate of drug-likeness (QED) is 0.578. The number of nitrogens with one attached hydrogen (secondary N) is 1. The zero-order valence-corrected chi connectivity index (χ0v) is 14.9. The molecule has 4 rings (SSSR count). The number of amides is 1. The van der Waals surface area contributed by atoms with Gasteiger partial charge in [-0.25, -0.2) is 4.68 Å². The second-order valence-electron chi connectivity index (χ2n) is 6.20. The molecule has 5 nitrogen and oxygen atoms in total. The maximum atomic E-state index is 12.8. The lowest BCUT2D eigenvalue weighted by atomic mass is 10.0. The first-order chi connectivity index (χ1) is 13.2. The molecule has 0 fully saturated rings. The molecule has 5 heteroatoms. The summed E-state index contributed by atoms with van der Waals surface area (Å²) in [6.45, 7) is 0.558. The van der Waals surface area contributed by atoms with Gasteiger partial charge in [0.2, 0.25) is 0 Å². The average Bonchev–Trinajstić information content (AvgIpc) is 3.14. The Balaban J connectivity index is 1.56. The molecular formula is C22H19N3O2. The summed E-state index contributed by atoms with van der Waals surface area (Å²) in [4.78, 5) is 12.8. The van der Waals surface area contributed by atoms with Gasteiger partial charge in [0.05, 0.1) is 19.9 Å². The van der Waals surface area contributed by atoms with E-state index < -0.39 is 0 Å². The Kier molecular flexibility index (Phi) is 4.58. The Hall–Kier alpha value is -3.60. The summed E-state index contributed by atoms with van der Waals surface area (Å²) in [7, 11) is 1.64. The minimum Gasteiger partial charge on any atom is -0.497 e. The molecule has 4 aromatic rings. The summed E-state index contributed by atoms with van der Waals surface area (Å²) in [6.07, 6.45) is 1.68. The lowest BCUT2D eigenvalue weighted by Gasteiger charge is -2.11. The number of hydrogen-bond donors (Lipinski definition) is 1. The van der Waals surface area contributed by atoms with Crippen LogP contribution in [0.1, 0.15) is 15.9 Å². The first-order valence-corrected chi connectivity index (χ1v) is 8.68. The van der Waals surface area contributed by atoms with Crippen LogP contribution in [0.15, 0.2) is 79.0 Å². The minimum atomic E-state index is -0.150. The third kappa shape index (κ3) is 3.53. The Morgan fingerprint density at radius 3 is 2.59 bits per heavy atom. The van der Waals surface area contributed by atoms with Crippen molar-refractivity contribution in [3.63, 3.8) is 0 Å². The predicted octanol–water partition coefficient (Wildman–Crippen LogP) is 4.35. The van der Waals surface area contributed by atoms with Crippen molar-refractivity contribution in [1.82, 2.24) is 9.78 Å². The first-order valence-electron chi connectivity index (χ1n) is 8.68. The lowest BCUT2D eigenvalue weighted by Crippen LogP contribution is -2.16. The van der Waals surface area contributed by atoms with Crippen molar-refractivity contribution in [3.05, 3.63) is 90.1 Å². The van der Waals surface area contributed by atoms with Crippen LogP contribution in [0.4, 0.5) is 5.82 Å². The molecule has 0 saturated carbocycles. The zero-order chi connectivity index (χ0) is 18.6. The molecule has 0 unspecified atom stereocenters. The average molecular weight is 357 g/mol. The van der Waals surface area contributed by atoms with E-state index in [1.54, 1.807) is 24.1 Å². The summed E-state index contributed by atoms with van der Waals surface area (Å²) in [5, 5.41) is 9.28. The summed E-state index contributed by atoms with van der Waals surface area (Å²) < 4.78 is 6.95. The van der Waals surface area contributed by atoms with E-state index in [-0.39, 0.29) is 5.91 Å². The van der Waals surface area contributed by atoms with Gasteiger partial charge in [-0.1, -0.05) is 48.5 Å². The number of aromatic nitrogens is 2. The number of carbonyl (C=O) groups excluding carboxylic acids is 1. The molecule has 134 valence electrons. The van der Waals surface area contributed by atoms with Gasteiger partial charge in [0, 0.05) is 11.6 Å². The van der Waals surface area contributed by atoms with Crippen LogP contribution in [0.25, 0.3) is 10.8 Å². The molecule has 0 spiro atoms. The van der Waals surface area contributed by atoms with Gasteiger partial charge < -0.3 is 10.1 Å². The van der Waals surface area contributed by atoms with Gasteiger partial charge in [-0.15, -0.1) is 0 Å². The number of methoxy groups -OCH3 is 1. The predicted molar refractivity (Wildman–Crippen MR) is 106 cm³/mol. The van der Waals surface area contributed by atoms with Gasteiger partial charge in [0.1, 0.15) is 11.6 Å². The van der Waals surface area contributed by atoms with Crippen molar-refractivity contribution in [2.45, 2.75) is 6.54 Å². The van der Waals surface area contributed by atoms with E-state index >= 15 is 0 Å². The summed E-state index contributed by atoms with van der Waals surface area (Å²) in [5.74, 6) is 1.32. The fourth-order valence-electron chi connectivity index (χ4n) is 3.08. The van der Waals surface area contributed by atoms with Crippen molar-refractivity contribution in [2.24, 2.45) is 0 Å². The molecule has 0 aliphatic carbocycles. The van der Waals surface area contributed by atoms with E-state index in [0.717, 1.165) is 22.1 Å². The van der Waals surface area contributed by atoms with Crippen LogP contribution in [0.5, 0.6) is 5.75 Å². The van der Waals surface area contributed by atoms with E-state index in [1.807, 2.05) is 66.7 Å². The molecular weight excluding hydrogens is 338 g/mol. The fraction of sp³-hybridized carbons (Fsp3) is 0.0909. The fourth-order valence-corrected chi connectivity index (χ4v) is 3.08. The maximum Gasteiger partial charge on any atom is 0.257 e. The largest absolute Gasteiger partial charge is 0.497 e. The third-order valence-electron chi connectivity index (χ3n) is 4.48. The number of anilines is 1. The summed E-state index contributed by atoms with van der Waals surface area (Å²) >= 11 is 0. The van der Waals surface area contributed by atoms with Gasteiger partial charge in [0.15, 0.2) is 0 Å². The van der Waals surface area contributed by atoms with Crippen LogP contribution in [-0.2, 0) is 6.54 Å². The third-order valence-corrected chi connectivity index (χ3v) is 4.48. The SMILES string of the molecule is COc1ccc(Cn2nccc2NC(=O)c2cccc3ccccc23)cc1. The second-order valence-corrected chi connectivity index (χ2v) is 6.20. The number of fused-ring (bicyclic) bond motifs is 1. The standard InChI is InChI=1S/C22H19N3O2/c1-27-18-11-9-16(10-12-18)15-25-21(13-14-23-25)24-22(26)20-8-4-6-17-5-2-3-7-19(17)20/h2-14H,15H2,1H3,(H,24,26). The summed E-state index contributed by atoms with van der Waals surface area (Å²) in [6, 6.07) is 23.2. The second kappa shape index (κ2) is 7.33. The van der Waals surface area contributed by atoms with Crippen LogP contribution in [0.3, 0.4) is 0 Å². The zero-order valence-electron chi connectivity index (χ0n) is 14.9. The first kappa shape index (κ1) is 16.8. The van der Waals surface area contributed by atoms with Gasteiger partial charge in [-0.2, -0.15) is 5.10 Å². The van der Waals surface area contributed by atoms with Gasteiger partial charge >= 0.3 is 0 Å². The Morgan fingerprint density at radius 2 is 1.78 bits per heavy atom. The van der Waals surface area contributed by atoms with Crippen molar-refractivity contribution in [2.75, 3.05) is 12.4 Å². The number of rotatable bonds is 5. The van der Waals surface area contributed by atoms with Gasteiger partial charge in [-0.3, -0.25) is 4.79 Å². The molecule has 0 bridgehead atoms. The van der Waals surface area contributed by atoms with Crippen molar-refractivity contribution >= 4 is 22.5 Å². The highest BCUT2D eigenvalue weighted by Gasteiger charge is 2.12. The molecule has 1 heterocycles. The van der Waals surface area contributed by atoms with Crippen LogP contribution < -0.4 is 10.1 Å². The highest BCUT2D eigenvalue weighted by Crippen LogP contribution is 2.20. The van der Waals surface area contributed by atoms with E-state index in [1.165, 1.54) is 0 Å². The molecule has 1 N–H and O–H groups in total. The number of nitrogens with zero attached hydrogens (tertiary/aromatic N) is 2. The van der Waals surface area contributed by atoms with Crippen molar-refractivity contribution in [1.29, 1.82) is 0 Å². The van der Waals surface area contributed by atoms with E-state index in [2.05, 4.69) is 10.4 Å². The molecule has 0 saturated heterocycles. The van der Waals surface area contributed by atoms with Crippen LogP contribution in [-0.4, -0.2) is 22.8 Å². The molecule has 0 atom stereocenters. The Bertz CT molecular complexity index is 1080. The monoisotopic (exact) mass is 357 g/mol. The van der Waals surface area contributed by atoms with Crippen molar-refractivity contribution < 1.29 is 9.53 Å². The minimum absolute atomic E-state index is 0.150. The molecule has 1 amide bonds. The highest BCUT2D eigenvalue weighted by atomic mass is 16.5. The van der Waals surface area contributed by atoms with Crippen LogP contribution >= 0.6 is 0 Å². The van der Waals surface area contributed by atoms with Gasteiger partial charge in [0.25, 0.3) is 5.91 Å². The Morgan fingerprint density at radius 1 is 1.00 bits per heavy atom. The number of benzene rings is 3. The topological polar surface area (TPSA) is 56.1 Å². The molecule has 1 aromatic heterocycles. The molecule has 0 aliphatic heterocycles. The van der Waals surface area contributed by atoms with Crippen LogP contribution in [0.2, 0.25) is 0 Å². The van der Waals surface area contributed by atoms with Gasteiger partial charge in [-0.05, 0) is 34.5 Å². The van der Waals surface area contributed by atoms with E-state index in [0.29, 0.717) is 17.9 Å². The van der Waals surface area contributed by atoms with Crippen molar-refractivity contribution in [3.8, 4) is 5.75 Å². The lowest BCUT2D eigenvalue weighted by molar-refractivity contribution is 0.102. The Labute approximate surface area is 157 Å². The van der Waals surface area contributed by atoms with E-state index in [4.69, 9.17) is 4.74 Å². The number of hydrogen-bond acceptors (Lipinski definition) is 3. The molecule has 27 heavy (non-hydrogen) atoms.